The molecule has 5 nitrogen and oxygen atoms in total. The van der Waals surface area contributed by atoms with E-state index < -0.39 is 11.7 Å². The van der Waals surface area contributed by atoms with Gasteiger partial charge in [-0.2, -0.15) is 0 Å². The van der Waals surface area contributed by atoms with Gasteiger partial charge in [0.2, 0.25) is 5.91 Å². The quantitative estimate of drug-likeness (QED) is 0.599. The molecular formula is C25H34N2O3. The summed E-state index contributed by atoms with van der Waals surface area (Å²) < 4.78 is 5.19. The van der Waals surface area contributed by atoms with Gasteiger partial charge in [-0.3, -0.25) is 4.79 Å². The molecule has 0 spiro atoms. The summed E-state index contributed by atoms with van der Waals surface area (Å²) in [7, 11) is 0. The Bertz CT molecular complexity index is 726. The van der Waals surface area contributed by atoms with Crippen molar-refractivity contribution in [1.29, 1.82) is 0 Å². The molecule has 0 aromatic heterocycles. The lowest BCUT2D eigenvalue weighted by atomic mass is 9.99. The third-order valence-electron chi connectivity index (χ3n) is 4.63. The molecule has 0 aliphatic rings. The average Bonchev–Trinajstić information content (AvgIpc) is 2.70. The van der Waals surface area contributed by atoms with Gasteiger partial charge in [-0.25, -0.2) is 4.79 Å². The molecule has 30 heavy (non-hydrogen) atoms. The summed E-state index contributed by atoms with van der Waals surface area (Å²) in [5, 5.41) is 5.79. The lowest BCUT2D eigenvalue weighted by Gasteiger charge is -2.20. The monoisotopic (exact) mass is 410 g/mol. The van der Waals surface area contributed by atoms with E-state index in [1.165, 1.54) is 11.1 Å². The van der Waals surface area contributed by atoms with Crippen molar-refractivity contribution in [3.05, 3.63) is 71.8 Å². The largest absolute Gasteiger partial charge is 0.444 e. The Morgan fingerprint density at radius 2 is 1.37 bits per heavy atom. The van der Waals surface area contributed by atoms with Crippen molar-refractivity contribution in [3.63, 3.8) is 0 Å². The first kappa shape index (κ1) is 23.5. The topological polar surface area (TPSA) is 67.4 Å². The highest BCUT2D eigenvalue weighted by molar-refractivity contribution is 5.77. The Hall–Kier alpha value is -2.82. The smallest absolute Gasteiger partial charge is 0.407 e. The number of carbonyl (C=O) groups excluding carboxylic acids is 2. The number of hydrogen-bond acceptors (Lipinski definition) is 3. The summed E-state index contributed by atoms with van der Waals surface area (Å²) in [5.74, 6) is -0.0582. The highest BCUT2D eigenvalue weighted by Gasteiger charge is 2.17. The number of nitrogens with one attached hydrogen (secondary N) is 2. The zero-order valence-corrected chi connectivity index (χ0v) is 18.3. The van der Waals surface area contributed by atoms with E-state index in [9.17, 15) is 9.59 Å². The standard InChI is InChI=1S/C25H34N2O3/c1-25(2,3)30-24(29)26-19-18-23(28)27-22(16-14-20-10-6-4-7-11-20)17-15-21-12-8-5-9-13-21/h4-13,22H,14-19H2,1-3H3,(H,26,29)(H,27,28). The van der Waals surface area contributed by atoms with Crippen molar-refractivity contribution in [2.75, 3.05) is 6.54 Å². The van der Waals surface area contributed by atoms with Crippen LogP contribution in [-0.2, 0) is 22.4 Å². The van der Waals surface area contributed by atoms with E-state index in [1.807, 2.05) is 57.2 Å². The molecule has 2 rings (SSSR count). The normalized spacial score (nSPS) is 11.2. The van der Waals surface area contributed by atoms with Crippen LogP contribution in [0.1, 0.15) is 51.2 Å². The zero-order valence-electron chi connectivity index (χ0n) is 18.3. The highest BCUT2D eigenvalue weighted by Crippen LogP contribution is 2.12. The van der Waals surface area contributed by atoms with Gasteiger partial charge < -0.3 is 15.4 Å². The number of alkyl carbamates (subject to hydrolysis) is 1. The Morgan fingerprint density at radius 3 is 1.83 bits per heavy atom. The van der Waals surface area contributed by atoms with E-state index in [4.69, 9.17) is 4.74 Å². The van der Waals surface area contributed by atoms with E-state index in [-0.39, 0.29) is 24.9 Å². The molecule has 162 valence electrons. The van der Waals surface area contributed by atoms with Gasteiger partial charge in [0.05, 0.1) is 0 Å². The Balaban J connectivity index is 1.82. The van der Waals surface area contributed by atoms with Crippen molar-refractivity contribution in [2.45, 2.75) is 64.5 Å². The first-order valence-corrected chi connectivity index (χ1v) is 10.7. The predicted octanol–water partition coefficient (Wildman–Crippen LogP) is 4.65. The molecule has 0 saturated heterocycles. The molecule has 5 heteroatoms. The van der Waals surface area contributed by atoms with Crippen LogP contribution in [0, 0.1) is 0 Å². The van der Waals surface area contributed by atoms with Gasteiger partial charge in [-0.15, -0.1) is 0 Å². The van der Waals surface area contributed by atoms with Crippen LogP contribution in [0.15, 0.2) is 60.7 Å². The van der Waals surface area contributed by atoms with Gasteiger partial charge in [-0.05, 0) is 57.6 Å². The third-order valence-corrected chi connectivity index (χ3v) is 4.63. The molecule has 0 radical (unpaired) electrons. The van der Waals surface area contributed by atoms with Crippen LogP contribution in [0.25, 0.3) is 0 Å². The van der Waals surface area contributed by atoms with Crippen molar-refractivity contribution in [3.8, 4) is 0 Å². The van der Waals surface area contributed by atoms with Crippen LogP contribution in [0.4, 0.5) is 4.79 Å². The molecule has 2 aromatic rings. The molecule has 0 fully saturated rings. The first-order chi connectivity index (χ1) is 14.3. The summed E-state index contributed by atoms with van der Waals surface area (Å²) in [4.78, 5) is 24.2. The summed E-state index contributed by atoms with van der Waals surface area (Å²) in [6, 6.07) is 20.7. The average molecular weight is 411 g/mol. The van der Waals surface area contributed by atoms with Crippen molar-refractivity contribution >= 4 is 12.0 Å². The number of rotatable bonds is 10. The summed E-state index contributed by atoms with van der Waals surface area (Å²) in [5.41, 5.74) is 1.98. The molecule has 0 atom stereocenters. The molecular weight excluding hydrogens is 376 g/mol. The molecule has 0 saturated carbocycles. The van der Waals surface area contributed by atoms with Crippen molar-refractivity contribution in [1.82, 2.24) is 10.6 Å². The predicted molar refractivity (Wildman–Crippen MR) is 120 cm³/mol. The molecule has 0 aliphatic carbocycles. The summed E-state index contributed by atoms with van der Waals surface area (Å²) >= 11 is 0. The van der Waals surface area contributed by atoms with Crippen LogP contribution >= 0.6 is 0 Å². The first-order valence-electron chi connectivity index (χ1n) is 10.7. The minimum Gasteiger partial charge on any atom is -0.444 e. The number of aryl methyl sites for hydroxylation is 2. The molecule has 2 N–H and O–H groups in total. The maximum Gasteiger partial charge on any atom is 0.407 e. The van der Waals surface area contributed by atoms with E-state index in [0.29, 0.717) is 0 Å². The number of hydrogen-bond donors (Lipinski definition) is 2. The maximum atomic E-state index is 12.4. The van der Waals surface area contributed by atoms with Crippen LogP contribution in [0.3, 0.4) is 0 Å². The third kappa shape index (κ3) is 10.1. The fraction of sp³-hybridized carbons (Fsp3) is 0.440. The molecule has 0 bridgehead atoms. The maximum absolute atomic E-state index is 12.4. The van der Waals surface area contributed by atoms with Gasteiger partial charge in [0.1, 0.15) is 5.60 Å². The summed E-state index contributed by atoms with van der Waals surface area (Å²) in [6.07, 6.45) is 3.31. The number of amides is 2. The van der Waals surface area contributed by atoms with Crippen LogP contribution < -0.4 is 10.6 Å². The molecule has 0 aliphatic heterocycles. The molecule has 0 heterocycles. The van der Waals surface area contributed by atoms with Gasteiger partial charge in [0.15, 0.2) is 0 Å². The lowest BCUT2D eigenvalue weighted by Crippen LogP contribution is -2.38. The SMILES string of the molecule is CC(C)(C)OC(=O)NCCC(=O)NC(CCc1ccccc1)CCc1ccccc1. The van der Waals surface area contributed by atoms with Crippen LogP contribution in [0.2, 0.25) is 0 Å². The highest BCUT2D eigenvalue weighted by atomic mass is 16.6. The number of benzene rings is 2. The minimum atomic E-state index is -0.549. The Morgan fingerprint density at radius 1 is 0.867 bits per heavy atom. The second-order valence-electron chi connectivity index (χ2n) is 8.49. The number of carbonyl (C=O) groups is 2. The van der Waals surface area contributed by atoms with Crippen molar-refractivity contribution in [2.24, 2.45) is 0 Å². The zero-order chi connectivity index (χ0) is 21.8. The Kier molecular flexibility index (Phi) is 9.39. The van der Waals surface area contributed by atoms with Crippen LogP contribution in [-0.4, -0.2) is 30.2 Å². The van der Waals surface area contributed by atoms with Crippen molar-refractivity contribution < 1.29 is 14.3 Å². The fourth-order valence-electron chi connectivity index (χ4n) is 3.15. The second kappa shape index (κ2) is 12.0. The van der Waals surface area contributed by atoms with E-state index >= 15 is 0 Å². The fourth-order valence-corrected chi connectivity index (χ4v) is 3.15. The number of ether oxygens (including phenoxy) is 1. The second-order valence-corrected chi connectivity index (χ2v) is 8.49. The van der Waals surface area contributed by atoms with Gasteiger partial charge >= 0.3 is 6.09 Å². The molecule has 2 amide bonds. The van der Waals surface area contributed by atoms with E-state index in [1.54, 1.807) is 0 Å². The summed E-state index contributed by atoms with van der Waals surface area (Å²) in [6.45, 7) is 5.68. The minimum absolute atomic E-state index is 0.0582. The molecule has 2 aromatic carbocycles. The van der Waals surface area contributed by atoms with E-state index in [2.05, 4.69) is 34.9 Å². The van der Waals surface area contributed by atoms with Gasteiger partial charge in [0, 0.05) is 19.0 Å². The molecule has 0 unspecified atom stereocenters. The van der Waals surface area contributed by atoms with Crippen LogP contribution in [0.5, 0.6) is 0 Å². The van der Waals surface area contributed by atoms with Gasteiger partial charge in [-0.1, -0.05) is 60.7 Å². The van der Waals surface area contributed by atoms with Gasteiger partial charge in [0.25, 0.3) is 0 Å². The lowest BCUT2D eigenvalue weighted by molar-refractivity contribution is -0.121. The Labute approximate surface area is 180 Å². The van der Waals surface area contributed by atoms with E-state index in [0.717, 1.165) is 25.7 Å².